The number of carbonyl (C=O) groups is 1. The van der Waals surface area contributed by atoms with Crippen LogP contribution >= 0.6 is 0 Å². The summed E-state index contributed by atoms with van der Waals surface area (Å²) in [5, 5.41) is 0. The summed E-state index contributed by atoms with van der Waals surface area (Å²) in [5.74, 6) is 1.70. The molecule has 0 heterocycles. The van der Waals surface area contributed by atoms with E-state index >= 15 is 0 Å². The zero-order chi connectivity index (χ0) is 13.6. The van der Waals surface area contributed by atoms with E-state index in [0.717, 1.165) is 19.4 Å². The molecule has 0 radical (unpaired) electrons. The number of hydrogen-bond acceptors (Lipinski definition) is 3. The van der Waals surface area contributed by atoms with Gasteiger partial charge in [0.1, 0.15) is 6.10 Å². The summed E-state index contributed by atoms with van der Waals surface area (Å²) in [6, 6.07) is 0. The summed E-state index contributed by atoms with van der Waals surface area (Å²) in [7, 11) is 0. The van der Waals surface area contributed by atoms with Crippen LogP contribution in [0.4, 0.5) is 0 Å². The van der Waals surface area contributed by atoms with Crippen LogP contribution in [0.2, 0.25) is 0 Å². The molecule has 3 nitrogen and oxygen atoms in total. The fourth-order valence-electron chi connectivity index (χ4n) is 4.87. The minimum atomic E-state index is -0.237. The number of rotatable bonds is 4. The minimum Gasteiger partial charge on any atom is -0.459 e. The predicted octanol–water partition coefficient (Wildman–Crippen LogP) is 3.09. The molecule has 2 bridgehead atoms. The van der Waals surface area contributed by atoms with E-state index in [1.807, 2.05) is 0 Å². The molecular formula is C16H24O3. The molecule has 3 fully saturated rings. The van der Waals surface area contributed by atoms with Crippen molar-refractivity contribution in [2.45, 2.75) is 57.7 Å². The van der Waals surface area contributed by atoms with Crippen molar-refractivity contribution >= 4 is 5.97 Å². The smallest absolute Gasteiger partial charge is 0.333 e. The topological polar surface area (TPSA) is 35.5 Å². The van der Waals surface area contributed by atoms with Crippen molar-refractivity contribution < 1.29 is 14.3 Å². The van der Waals surface area contributed by atoms with Crippen LogP contribution in [0.3, 0.4) is 0 Å². The summed E-state index contributed by atoms with van der Waals surface area (Å²) >= 11 is 0. The minimum absolute atomic E-state index is 0.000600. The first-order valence-corrected chi connectivity index (χ1v) is 7.58. The monoisotopic (exact) mass is 264 g/mol. The van der Waals surface area contributed by atoms with E-state index in [0.29, 0.717) is 23.3 Å². The molecule has 3 aliphatic carbocycles. The van der Waals surface area contributed by atoms with Crippen LogP contribution in [0, 0.1) is 17.8 Å². The van der Waals surface area contributed by atoms with Gasteiger partial charge in [0.05, 0.1) is 5.60 Å². The molecule has 0 aromatic carbocycles. The molecule has 0 aromatic heterocycles. The lowest BCUT2D eigenvalue weighted by Gasteiger charge is -2.38. The van der Waals surface area contributed by atoms with E-state index in [9.17, 15) is 4.79 Å². The number of hydrogen-bond donors (Lipinski definition) is 0. The van der Waals surface area contributed by atoms with Gasteiger partial charge in [0.2, 0.25) is 0 Å². The first kappa shape index (κ1) is 13.2. The van der Waals surface area contributed by atoms with Crippen LogP contribution < -0.4 is 0 Å². The second-order valence-corrected chi connectivity index (χ2v) is 6.50. The second kappa shape index (κ2) is 4.62. The summed E-state index contributed by atoms with van der Waals surface area (Å²) < 4.78 is 11.8. The van der Waals surface area contributed by atoms with Gasteiger partial charge in [-0.3, -0.25) is 0 Å². The van der Waals surface area contributed by atoms with Crippen LogP contribution in [0.5, 0.6) is 0 Å². The molecule has 3 aliphatic rings. The summed E-state index contributed by atoms with van der Waals surface area (Å²) in [4.78, 5) is 11.8. The Balaban J connectivity index is 1.77. The molecule has 0 spiro atoms. The van der Waals surface area contributed by atoms with E-state index in [1.54, 1.807) is 6.92 Å². The van der Waals surface area contributed by atoms with Gasteiger partial charge in [-0.15, -0.1) is 0 Å². The molecule has 0 amide bonds. The Kier molecular flexibility index (Phi) is 3.20. The highest BCUT2D eigenvalue weighted by Crippen LogP contribution is 2.63. The van der Waals surface area contributed by atoms with Crippen molar-refractivity contribution in [1.29, 1.82) is 0 Å². The van der Waals surface area contributed by atoms with Gasteiger partial charge in [-0.1, -0.05) is 13.0 Å². The molecule has 5 atom stereocenters. The highest BCUT2D eigenvalue weighted by Gasteiger charge is 2.64. The largest absolute Gasteiger partial charge is 0.459 e. The van der Waals surface area contributed by atoms with Gasteiger partial charge in [-0.2, -0.15) is 0 Å². The predicted molar refractivity (Wildman–Crippen MR) is 72.6 cm³/mol. The van der Waals surface area contributed by atoms with E-state index in [1.165, 1.54) is 19.3 Å². The number of esters is 1. The molecule has 3 heteroatoms. The lowest BCUT2D eigenvalue weighted by molar-refractivity contribution is -0.152. The van der Waals surface area contributed by atoms with Gasteiger partial charge in [0.15, 0.2) is 0 Å². The summed E-state index contributed by atoms with van der Waals surface area (Å²) in [6.45, 7) is 8.22. The number of ether oxygens (including phenoxy) is 2. The Bertz CT molecular complexity index is 403. The molecule has 0 aromatic rings. The third kappa shape index (κ3) is 1.94. The van der Waals surface area contributed by atoms with Crippen LogP contribution in [0.15, 0.2) is 12.2 Å². The fourth-order valence-corrected chi connectivity index (χ4v) is 4.87. The van der Waals surface area contributed by atoms with Crippen LogP contribution in [0.1, 0.15) is 46.0 Å². The van der Waals surface area contributed by atoms with E-state index in [4.69, 9.17) is 9.47 Å². The first-order valence-electron chi connectivity index (χ1n) is 7.58. The molecule has 3 rings (SSSR count). The van der Waals surface area contributed by atoms with Crippen LogP contribution in [-0.4, -0.2) is 24.3 Å². The van der Waals surface area contributed by atoms with Crippen molar-refractivity contribution in [2.75, 3.05) is 6.61 Å². The molecule has 5 unspecified atom stereocenters. The van der Waals surface area contributed by atoms with Crippen molar-refractivity contribution in [3.8, 4) is 0 Å². The van der Waals surface area contributed by atoms with Gasteiger partial charge in [-0.05, 0) is 44.9 Å². The van der Waals surface area contributed by atoms with Crippen molar-refractivity contribution in [1.82, 2.24) is 0 Å². The van der Waals surface area contributed by atoms with E-state index in [-0.39, 0.29) is 17.7 Å². The first-order chi connectivity index (χ1) is 9.07. The Labute approximate surface area is 115 Å². The Morgan fingerprint density at radius 2 is 2.11 bits per heavy atom. The van der Waals surface area contributed by atoms with Gasteiger partial charge in [0.25, 0.3) is 0 Å². The lowest BCUT2D eigenvalue weighted by Crippen LogP contribution is -2.42. The van der Waals surface area contributed by atoms with E-state index in [2.05, 4.69) is 13.5 Å². The SMILES string of the molecule is C=C(C)C(=O)OC1CC2(OCC)CC1C1CCCC12. The van der Waals surface area contributed by atoms with Crippen molar-refractivity contribution in [3.63, 3.8) is 0 Å². The highest BCUT2D eigenvalue weighted by molar-refractivity contribution is 5.87. The van der Waals surface area contributed by atoms with Crippen molar-refractivity contribution in [3.05, 3.63) is 12.2 Å². The number of fused-ring (bicyclic) bond motifs is 5. The van der Waals surface area contributed by atoms with Crippen molar-refractivity contribution in [2.24, 2.45) is 17.8 Å². The fraction of sp³-hybridized carbons (Fsp3) is 0.812. The standard InChI is InChI=1S/C16H24O3/c1-4-18-16-8-12(11-6-5-7-13(11)16)14(9-16)19-15(17)10(2)3/h11-14H,2,4-9H2,1,3H3. The average molecular weight is 264 g/mol. The van der Waals surface area contributed by atoms with Crippen LogP contribution in [-0.2, 0) is 14.3 Å². The average Bonchev–Trinajstić information content (AvgIpc) is 2.99. The summed E-state index contributed by atoms with van der Waals surface area (Å²) in [6.07, 6.45) is 5.92. The Morgan fingerprint density at radius 3 is 2.79 bits per heavy atom. The Hall–Kier alpha value is -0.830. The zero-order valence-electron chi connectivity index (χ0n) is 12.0. The molecule has 0 saturated heterocycles. The van der Waals surface area contributed by atoms with Gasteiger partial charge >= 0.3 is 5.97 Å². The molecular weight excluding hydrogens is 240 g/mol. The van der Waals surface area contributed by atoms with Gasteiger partial charge in [-0.25, -0.2) is 4.79 Å². The zero-order valence-corrected chi connectivity index (χ0v) is 12.0. The normalized spacial score (nSPS) is 43.3. The number of carbonyl (C=O) groups excluding carboxylic acids is 1. The lowest BCUT2D eigenvalue weighted by atomic mass is 9.78. The molecule has 3 saturated carbocycles. The van der Waals surface area contributed by atoms with Gasteiger partial charge in [0, 0.05) is 24.5 Å². The maximum atomic E-state index is 11.8. The molecule has 106 valence electrons. The third-order valence-electron chi connectivity index (χ3n) is 5.44. The quantitative estimate of drug-likeness (QED) is 0.578. The molecule has 19 heavy (non-hydrogen) atoms. The maximum Gasteiger partial charge on any atom is 0.333 e. The maximum absolute atomic E-state index is 11.8. The molecule has 0 N–H and O–H groups in total. The van der Waals surface area contributed by atoms with Gasteiger partial charge < -0.3 is 9.47 Å². The van der Waals surface area contributed by atoms with Crippen LogP contribution in [0.25, 0.3) is 0 Å². The van der Waals surface area contributed by atoms with E-state index < -0.39 is 0 Å². The second-order valence-electron chi connectivity index (χ2n) is 6.50. The Morgan fingerprint density at radius 1 is 1.32 bits per heavy atom. The molecule has 0 aliphatic heterocycles. The highest BCUT2D eigenvalue weighted by atomic mass is 16.6. The third-order valence-corrected chi connectivity index (χ3v) is 5.44. The summed E-state index contributed by atoms with van der Waals surface area (Å²) in [5.41, 5.74) is 0.497.